The Morgan fingerprint density at radius 1 is 1.39 bits per heavy atom. The number of halogens is 1. The summed E-state index contributed by atoms with van der Waals surface area (Å²) in [6.45, 7) is 3.93. The molecular formula is C18H19FN2OS. The molecule has 0 aliphatic heterocycles. The maximum atomic E-state index is 13.0. The summed E-state index contributed by atoms with van der Waals surface area (Å²) in [6.07, 6.45) is 4.74. The standard InChI is InChI=1S/C18H19FN2OS/c1-11(14-5-6-14)9-17(22)21-18-20-12(2)16(23-18)10-13-3-7-15(19)8-4-13/h3-4,7-9,14H,5-6,10H2,1-2H3,(H,20,21,22)/b11-9+. The molecule has 1 aliphatic rings. The van der Waals surface area contributed by atoms with Gasteiger partial charge in [0.05, 0.1) is 5.69 Å². The Balaban J connectivity index is 1.66. The molecule has 1 N–H and O–H groups in total. The smallest absolute Gasteiger partial charge is 0.250 e. The van der Waals surface area contributed by atoms with E-state index in [-0.39, 0.29) is 11.7 Å². The van der Waals surface area contributed by atoms with Crippen LogP contribution in [-0.4, -0.2) is 10.9 Å². The summed E-state index contributed by atoms with van der Waals surface area (Å²) < 4.78 is 13.0. The van der Waals surface area contributed by atoms with Crippen molar-refractivity contribution < 1.29 is 9.18 Å². The fraction of sp³-hybridized carbons (Fsp3) is 0.333. The number of carbonyl (C=O) groups is 1. The Morgan fingerprint density at radius 3 is 2.74 bits per heavy atom. The predicted octanol–water partition coefficient (Wildman–Crippen LogP) is 4.48. The molecule has 0 saturated heterocycles. The van der Waals surface area contributed by atoms with Crippen LogP contribution in [0.5, 0.6) is 0 Å². The highest BCUT2D eigenvalue weighted by molar-refractivity contribution is 7.15. The van der Waals surface area contributed by atoms with E-state index in [1.807, 2.05) is 13.8 Å². The number of amides is 1. The molecule has 1 aromatic heterocycles. The van der Waals surface area contributed by atoms with E-state index in [4.69, 9.17) is 0 Å². The van der Waals surface area contributed by atoms with Gasteiger partial charge in [-0.3, -0.25) is 10.1 Å². The first-order valence-electron chi connectivity index (χ1n) is 7.71. The largest absolute Gasteiger partial charge is 0.298 e. The highest BCUT2D eigenvalue weighted by Crippen LogP contribution is 2.36. The molecule has 1 saturated carbocycles. The van der Waals surface area contributed by atoms with E-state index in [1.54, 1.807) is 18.2 Å². The number of aromatic nitrogens is 1. The lowest BCUT2D eigenvalue weighted by Gasteiger charge is -1.99. The molecule has 1 fully saturated rings. The lowest BCUT2D eigenvalue weighted by Crippen LogP contribution is -2.08. The van der Waals surface area contributed by atoms with Crippen molar-refractivity contribution in [3.05, 3.63) is 57.9 Å². The molecule has 1 aliphatic carbocycles. The minimum Gasteiger partial charge on any atom is -0.298 e. The second-order valence-electron chi connectivity index (χ2n) is 5.98. The summed E-state index contributed by atoms with van der Waals surface area (Å²) in [5.41, 5.74) is 3.07. The van der Waals surface area contributed by atoms with Crippen LogP contribution in [0.15, 0.2) is 35.9 Å². The number of nitrogens with one attached hydrogen (secondary N) is 1. The molecule has 1 amide bonds. The van der Waals surface area contributed by atoms with Crippen molar-refractivity contribution in [1.82, 2.24) is 4.98 Å². The van der Waals surface area contributed by atoms with Gasteiger partial charge in [-0.15, -0.1) is 11.3 Å². The molecule has 0 unspecified atom stereocenters. The van der Waals surface area contributed by atoms with E-state index in [9.17, 15) is 9.18 Å². The minimum atomic E-state index is -0.236. The van der Waals surface area contributed by atoms with Crippen LogP contribution in [0.4, 0.5) is 9.52 Å². The number of rotatable bonds is 5. The topological polar surface area (TPSA) is 42.0 Å². The molecule has 1 heterocycles. The highest BCUT2D eigenvalue weighted by Gasteiger charge is 2.23. The van der Waals surface area contributed by atoms with Gasteiger partial charge in [0, 0.05) is 17.4 Å². The molecule has 0 radical (unpaired) electrons. The van der Waals surface area contributed by atoms with Crippen LogP contribution in [0.1, 0.15) is 35.9 Å². The Labute approximate surface area is 139 Å². The number of hydrogen-bond acceptors (Lipinski definition) is 3. The number of anilines is 1. The molecule has 5 heteroatoms. The first-order chi connectivity index (χ1) is 11.0. The Hall–Kier alpha value is -2.01. The Kier molecular flexibility index (Phi) is 4.57. The van der Waals surface area contributed by atoms with Crippen LogP contribution < -0.4 is 5.32 Å². The van der Waals surface area contributed by atoms with E-state index < -0.39 is 0 Å². The first-order valence-corrected chi connectivity index (χ1v) is 8.53. The molecule has 0 spiro atoms. The second kappa shape index (κ2) is 6.62. The summed E-state index contributed by atoms with van der Waals surface area (Å²) in [5, 5.41) is 3.46. The molecule has 120 valence electrons. The van der Waals surface area contributed by atoms with Crippen LogP contribution in [0.3, 0.4) is 0 Å². The number of thiazole rings is 1. The van der Waals surface area contributed by atoms with Crippen molar-refractivity contribution in [2.75, 3.05) is 5.32 Å². The van der Waals surface area contributed by atoms with Crippen molar-refractivity contribution in [1.29, 1.82) is 0 Å². The summed E-state index contributed by atoms with van der Waals surface area (Å²) in [4.78, 5) is 17.5. The summed E-state index contributed by atoms with van der Waals surface area (Å²) >= 11 is 1.47. The Bertz CT molecular complexity index is 745. The average Bonchev–Trinajstić information content (AvgIpc) is 3.28. The van der Waals surface area contributed by atoms with Crippen LogP contribution >= 0.6 is 11.3 Å². The minimum absolute atomic E-state index is 0.114. The summed E-state index contributed by atoms with van der Waals surface area (Å²) in [5.74, 6) is 0.241. The van der Waals surface area contributed by atoms with Gasteiger partial charge in [0.15, 0.2) is 5.13 Å². The van der Waals surface area contributed by atoms with Gasteiger partial charge in [-0.05, 0) is 50.3 Å². The fourth-order valence-electron chi connectivity index (χ4n) is 2.44. The van der Waals surface area contributed by atoms with Gasteiger partial charge in [0.1, 0.15) is 5.82 Å². The second-order valence-corrected chi connectivity index (χ2v) is 7.07. The molecule has 3 rings (SSSR count). The third kappa shape index (κ3) is 4.26. The number of hydrogen-bond donors (Lipinski definition) is 1. The highest BCUT2D eigenvalue weighted by atomic mass is 32.1. The average molecular weight is 330 g/mol. The number of carbonyl (C=O) groups excluding carboxylic acids is 1. The van der Waals surface area contributed by atoms with Crippen molar-refractivity contribution in [3.63, 3.8) is 0 Å². The molecule has 23 heavy (non-hydrogen) atoms. The van der Waals surface area contributed by atoms with E-state index in [0.29, 0.717) is 17.5 Å². The van der Waals surface area contributed by atoms with Crippen LogP contribution in [0.25, 0.3) is 0 Å². The van der Waals surface area contributed by atoms with E-state index in [0.717, 1.165) is 21.7 Å². The third-order valence-electron chi connectivity index (χ3n) is 3.98. The van der Waals surface area contributed by atoms with Crippen LogP contribution in [0.2, 0.25) is 0 Å². The van der Waals surface area contributed by atoms with Gasteiger partial charge >= 0.3 is 0 Å². The van der Waals surface area contributed by atoms with E-state index in [1.165, 1.54) is 36.3 Å². The molecule has 0 atom stereocenters. The van der Waals surface area contributed by atoms with Gasteiger partial charge in [-0.1, -0.05) is 17.7 Å². The lowest BCUT2D eigenvalue weighted by molar-refractivity contribution is -0.112. The number of allylic oxidation sites excluding steroid dienone is 1. The lowest BCUT2D eigenvalue weighted by atomic mass is 10.1. The fourth-order valence-corrected chi connectivity index (χ4v) is 3.44. The van der Waals surface area contributed by atoms with Gasteiger partial charge in [-0.2, -0.15) is 0 Å². The van der Waals surface area contributed by atoms with Crippen molar-refractivity contribution >= 4 is 22.4 Å². The predicted molar refractivity (Wildman–Crippen MR) is 91.2 cm³/mol. The van der Waals surface area contributed by atoms with Crippen LogP contribution in [0, 0.1) is 18.7 Å². The van der Waals surface area contributed by atoms with Crippen molar-refractivity contribution in [2.45, 2.75) is 33.1 Å². The van der Waals surface area contributed by atoms with Gasteiger partial charge in [0.2, 0.25) is 5.91 Å². The quantitative estimate of drug-likeness (QED) is 0.822. The summed E-state index contributed by atoms with van der Waals surface area (Å²) in [7, 11) is 0. The van der Waals surface area contributed by atoms with Gasteiger partial charge in [-0.25, -0.2) is 9.37 Å². The normalized spacial score (nSPS) is 14.8. The zero-order chi connectivity index (χ0) is 16.4. The van der Waals surface area contributed by atoms with E-state index in [2.05, 4.69) is 10.3 Å². The molecule has 3 nitrogen and oxygen atoms in total. The Morgan fingerprint density at radius 2 is 2.09 bits per heavy atom. The van der Waals surface area contributed by atoms with E-state index >= 15 is 0 Å². The number of nitrogens with zero attached hydrogens (tertiary/aromatic N) is 1. The van der Waals surface area contributed by atoms with Crippen molar-refractivity contribution in [2.24, 2.45) is 5.92 Å². The van der Waals surface area contributed by atoms with Crippen molar-refractivity contribution in [3.8, 4) is 0 Å². The van der Waals surface area contributed by atoms with Gasteiger partial charge in [0.25, 0.3) is 0 Å². The number of aryl methyl sites for hydroxylation is 1. The third-order valence-corrected chi connectivity index (χ3v) is 5.05. The zero-order valence-electron chi connectivity index (χ0n) is 13.2. The molecule has 0 bridgehead atoms. The summed E-state index contributed by atoms with van der Waals surface area (Å²) in [6, 6.07) is 6.46. The molecule has 1 aromatic carbocycles. The SMILES string of the molecule is C/C(=C\C(=O)Nc1nc(C)c(Cc2ccc(F)cc2)s1)C1CC1. The zero-order valence-corrected chi connectivity index (χ0v) is 14.0. The van der Waals surface area contributed by atoms with Crippen LogP contribution in [-0.2, 0) is 11.2 Å². The monoisotopic (exact) mass is 330 g/mol. The maximum Gasteiger partial charge on any atom is 0.250 e. The number of benzene rings is 1. The molecule has 2 aromatic rings. The molecular weight excluding hydrogens is 311 g/mol. The first kappa shape index (κ1) is 15.9. The maximum absolute atomic E-state index is 13.0. The van der Waals surface area contributed by atoms with Gasteiger partial charge < -0.3 is 0 Å².